The highest BCUT2D eigenvalue weighted by Gasteiger charge is 2.57. The average Bonchev–Trinajstić information content (AvgIpc) is 2.61. The zero-order valence-corrected chi connectivity index (χ0v) is 15.3. The van der Waals surface area contributed by atoms with E-state index in [1.807, 2.05) is 25.5 Å². The molecule has 4 saturated carbocycles. The molecule has 1 aromatic rings. The van der Waals surface area contributed by atoms with Gasteiger partial charge in [0.2, 0.25) is 0 Å². The number of hydrogen-bond acceptors (Lipinski definition) is 4. The number of ether oxygens (including phenoxy) is 1. The lowest BCUT2D eigenvalue weighted by Gasteiger charge is -2.60. The first-order valence-corrected chi connectivity index (χ1v) is 10.2. The topological polar surface area (TPSA) is 51.2 Å². The first-order valence-electron chi connectivity index (χ1n) is 8.98. The lowest BCUT2D eigenvalue weighted by atomic mass is 9.49. The molecule has 0 unspecified atom stereocenters. The number of methoxy groups -OCH3 is 1. The van der Waals surface area contributed by atoms with Crippen LogP contribution in [0, 0.1) is 23.7 Å². The van der Waals surface area contributed by atoms with Gasteiger partial charge in [-0.2, -0.15) is 0 Å². The molecular formula is C19H26N2O2S. The molecule has 1 heterocycles. The number of rotatable bonds is 5. The second-order valence-corrected chi connectivity index (χ2v) is 8.50. The van der Waals surface area contributed by atoms with Crippen LogP contribution in [0.3, 0.4) is 0 Å². The minimum atomic E-state index is -0.162. The molecule has 1 N–H and O–H groups in total. The molecule has 5 rings (SSSR count). The number of aromatic nitrogens is 1. The molecule has 24 heavy (non-hydrogen) atoms. The number of carbonyl (C=O) groups is 1. The molecule has 4 bridgehead atoms. The first kappa shape index (κ1) is 16.4. The van der Waals surface area contributed by atoms with E-state index in [2.05, 4.69) is 10.3 Å². The Morgan fingerprint density at radius 1 is 1.29 bits per heavy atom. The zero-order valence-electron chi connectivity index (χ0n) is 14.5. The average molecular weight is 346 g/mol. The van der Waals surface area contributed by atoms with E-state index in [4.69, 9.17) is 4.74 Å². The number of nitrogens with zero attached hydrogens (tertiary/aromatic N) is 1. The highest BCUT2D eigenvalue weighted by atomic mass is 32.2. The Morgan fingerprint density at radius 2 is 1.96 bits per heavy atom. The van der Waals surface area contributed by atoms with Crippen LogP contribution in [0.5, 0.6) is 0 Å². The van der Waals surface area contributed by atoms with Crippen LogP contribution in [0.1, 0.15) is 42.5 Å². The van der Waals surface area contributed by atoms with Gasteiger partial charge in [-0.15, -0.1) is 11.8 Å². The summed E-state index contributed by atoms with van der Waals surface area (Å²) in [4.78, 5) is 17.0. The summed E-state index contributed by atoms with van der Waals surface area (Å²) in [5.74, 6) is 2.97. The van der Waals surface area contributed by atoms with E-state index in [0.29, 0.717) is 23.9 Å². The smallest absolute Gasteiger partial charge is 0.254 e. The van der Waals surface area contributed by atoms with Gasteiger partial charge in [-0.1, -0.05) is 0 Å². The summed E-state index contributed by atoms with van der Waals surface area (Å²) in [7, 11) is 1.84. The fourth-order valence-electron chi connectivity index (χ4n) is 5.72. The van der Waals surface area contributed by atoms with Crippen LogP contribution in [-0.4, -0.2) is 36.4 Å². The molecule has 130 valence electrons. The van der Waals surface area contributed by atoms with E-state index in [9.17, 15) is 4.79 Å². The molecule has 0 saturated heterocycles. The van der Waals surface area contributed by atoms with Gasteiger partial charge >= 0.3 is 0 Å². The van der Waals surface area contributed by atoms with Crippen molar-refractivity contribution in [1.82, 2.24) is 10.3 Å². The Kier molecular flexibility index (Phi) is 4.33. The standard InChI is InChI=1S/C19H26N2O2S/c1-23-19(14-7-12-6-13(9-14)10-15(19)8-12)11-21-17(22)16-4-3-5-20-18(16)24-2/h3-5,12-15H,6-11H2,1-2H3,(H,21,22). The van der Waals surface area contributed by atoms with E-state index in [1.54, 1.807) is 6.20 Å². The maximum Gasteiger partial charge on any atom is 0.254 e. The van der Waals surface area contributed by atoms with Crippen molar-refractivity contribution in [3.05, 3.63) is 23.9 Å². The Balaban J connectivity index is 1.51. The molecule has 5 heteroatoms. The molecule has 0 aliphatic heterocycles. The van der Waals surface area contributed by atoms with Gasteiger partial charge in [0.15, 0.2) is 0 Å². The molecule has 0 atom stereocenters. The fraction of sp³-hybridized carbons (Fsp3) is 0.684. The van der Waals surface area contributed by atoms with Crippen LogP contribution < -0.4 is 5.32 Å². The number of thioether (sulfide) groups is 1. The number of amides is 1. The van der Waals surface area contributed by atoms with E-state index in [0.717, 1.165) is 16.9 Å². The van der Waals surface area contributed by atoms with Crippen LogP contribution in [0.25, 0.3) is 0 Å². The second kappa shape index (κ2) is 6.34. The molecule has 4 fully saturated rings. The van der Waals surface area contributed by atoms with Crippen LogP contribution in [-0.2, 0) is 4.74 Å². The first-order chi connectivity index (χ1) is 11.7. The normalized spacial score (nSPS) is 36.8. The van der Waals surface area contributed by atoms with Crippen LogP contribution >= 0.6 is 11.8 Å². The summed E-state index contributed by atoms with van der Waals surface area (Å²) >= 11 is 1.51. The molecule has 0 aromatic carbocycles. The summed E-state index contributed by atoms with van der Waals surface area (Å²) in [6.07, 6.45) is 10.2. The minimum absolute atomic E-state index is 0.0299. The van der Waals surface area contributed by atoms with Crippen LogP contribution in [0.15, 0.2) is 23.4 Å². The van der Waals surface area contributed by atoms with Gasteiger partial charge in [0.25, 0.3) is 5.91 Å². The van der Waals surface area contributed by atoms with Crippen molar-refractivity contribution in [3.63, 3.8) is 0 Å². The maximum absolute atomic E-state index is 12.7. The predicted molar refractivity (Wildman–Crippen MR) is 95.1 cm³/mol. The third-order valence-corrected chi connectivity index (χ3v) is 7.35. The SMILES string of the molecule is COC1(CNC(=O)c2cccnc2SC)C2CC3CC(C2)CC1C3. The molecule has 4 aliphatic rings. The molecule has 4 nitrogen and oxygen atoms in total. The molecule has 1 amide bonds. The van der Waals surface area contributed by atoms with Gasteiger partial charge < -0.3 is 10.1 Å². The third kappa shape index (κ3) is 2.57. The number of pyridine rings is 1. The Hall–Kier alpha value is -1.07. The molecular weight excluding hydrogens is 320 g/mol. The monoisotopic (exact) mass is 346 g/mol. The van der Waals surface area contributed by atoms with Gasteiger partial charge in [0.1, 0.15) is 5.03 Å². The Morgan fingerprint density at radius 3 is 2.54 bits per heavy atom. The highest BCUT2D eigenvalue weighted by molar-refractivity contribution is 7.98. The fourth-order valence-corrected chi connectivity index (χ4v) is 6.26. The van der Waals surface area contributed by atoms with Crippen molar-refractivity contribution >= 4 is 17.7 Å². The van der Waals surface area contributed by atoms with Crippen molar-refractivity contribution in [1.29, 1.82) is 0 Å². The Bertz CT molecular complexity index is 606. The molecule has 1 aromatic heterocycles. The van der Waals surface area contributed by atoms with E-state index in [1.165, 1.54) is 43.9 Å². The number of hydrogen-bond donors (Lipinski definition) is 1. The summed E-state index contributed by atoms with van der Waals surface area (Å²) in [6, 6.07) is 3.67. The highest BCUT2D eigenvalue weighted by Crippen LogP contribution is 2.59. The van der Waals surface area contributed by atoms with Crippen LogP contribution in [0.2, 0.25) is 0 Å². The third-order valence-electron chi connectivity index (χ3n) is 6.63. The summed E-state index contributed by atoms with van der Waals surface area (Å²) < 4.78 is 6.12. The maximum atomic E-state index is 12.7. The summed E-state index contributed by atoms with van der Waals surface area (Å²) in [5, 5.41) is 3.96. The van der Waals surface area contributed by atoms with Gasteiger partial charge in [-0.3, -0.25) is 4.79 Å². The van der Waals surface area contributed by atoms with Crippen molar-refractivity contribution in [2.75, 3.05) is 19.9 Å². The minimum Gasteiger partial charge on any atom is -0.376 e. The van der Waals surface area contributed by atoms with Gasteiger partial charge in [-0.05, 0) is 74.2 Å². The van der Waals surface area contributed by atoms with Crippen LogP contribution in [0.4, 0.5) is 0 Å². The van der Waals surface area contributed by atoms with Gasteiger partial charge in [-0.25, -0.2) is 4.98 Å². The lowest BCUT2D eigenvalue weighted by Crippen LogP contribution is -2.63. The summed E-state index contributed by atoms with van der Waals surface area (Å²) in [6.45, 7) is 0.625. The van der Waals surface area contributed by atoms with Crippen molar-refractivity contribution < 1.29 is 9.53 Å². The predicted octanol–water partition coefficient (Wildman–Crippen LogP) is 3.37. The molecule has 0 radical (unpaired) electrons. The zero-order chi connectivity index (χ0) is 16.7. The second-order valence-electron chi connectivity index (χ2n) is 7.71. The van der Waals surface area contributed by atoms with Crippen molar-refractivity contribution in [2.24, 2.45) is 23.7 Å². The van der Waals surface area contributed by atoms with Crippen molar-refractivity contribution in [2.45, 2.75) is 42.7 Å². The van der Waals surface area contributed by atoms with Crippen molar-refractivity contribution in [3.8, 4) is 0 Å². The number of carbonyl (C=O) groups excluding carboxylic acids is 1. The molecule has 4 aliphatic carbocycles. The van der Waals surface area contributed by atoms with E-state index < -0.39 is 0 Å². The largest absolute Gasteiger partial charge is 0.376 e. The van der Waals surface area contributed by atoms with Gasteiger partial charge in [0.05, 0.1) is 11.2 Å². The lowest BCUT2D eigenvalue weighted by molar-refractivity contribution is -0.186. The molecule has 0 spiro atoms. The van der Waals surface area contributed by atoms with E-state index >= 15 is 0 Å². The Labute approximate surface area is 148 Å². The summed E-state index contributed by atoms with van der Waals surface area (Å²) in [5.41, 5.74) is 0.505. The quantitative estimate of drug-likeness (QED) is 0.831. The van der Waals surface area contributed by atoms with Gasteiger partial charge in [0, 0.05) is 19.9 Å². The number of nitrogens with one attached hydrogen (secondary N) is 1. The van der Waals surface area contributed by atoms with E-state index in [-0.39, 0.29) is 11.5 Å².